The fourth-order valence-electron chi connectivity index (χ4n) is 3.37. The van der Waals surface area contributed by atoms with Gasteiger partial charge in [-0.15, -0.1) is 0 Å². The molecule has 0 radical (unpaired) electrons. The van der Waals surface area contributed by atoms with E-state index in [4.69, 9.17) is 0 Å². The number of rotatable bonds is 5. The SMILES string of the molecule is CC(C)(C)NCC(O)CNn1c2c(c3ccccc31)CCCC2. The number of fused-ring (bicyclic) bond motifs is 3. The van der Waals surface area contributed by atoms with Crippen molar-refractivity contribution in [3.05, 3.63) is 35.5 Å². The molecule has 4 nitrogen and oxygen atoms in total. The van der Waals surface area contributed by atoms with Crippen LogP contribution in [0.25, 0.3) is 10.9 Å². The summed E-state index contributed by atoms with van der Waals surface area (Å²) in [5, 5.41) is 15.0. The van der Waals surface area contributed by atoms with Gasteiger partial charge in [0.25, 0.3) is 0 Å². The van der Waals surface area contributed by atoms with E-state index in [9.17, 15) is 5.11 Å². The molecule has 1 heterocycles. The third kappa shape index (κ3) is 3.70. The van der Waals surface area contributed by atoms with Crippen molar-refractivity contribution in [3.63, 3.8) is 0 Å². The van der Waals surface area contributed by atoms with Gasteiger partial charge in [0.1, 0.15) is 0 Å². The molecule has 1 unspecified atom stereocenters. The first-order valence-corrected chi connectivity index (χ1v) is 8.74. The molecule has 0 amide bonds. The molecule has 0 bridgehead atoms. The average molecular weight is 315 g/mol. The number of nitrogens with one attached hydrogen (secondary N) is 2. The number of hydrogen-bond donors (Lipinski definition) is 3. The molecule has 0 fully saturated rings. The van der Waals surface area contributed by atoms with Crippen molar-refractivity contribution < 1.29 is 5.11 Å². The molecule has 1 aromatic heterocycles. The Kier molecular flexibility index (Phi) is 4.64. The van der Waals surface area contributed by atoms with Gasteiger partial charge in [-0.1, -0.05) is 18.2 Å². The molecule has 0 saturated heterocycles. The summed E-state index contributed by atoms with van der Waals surface area (Å²) in [6.45, 7) is 7.49. The Hall–Kier alpha value is -1.52. The number of aromatic nitrogens is 1. The Bertz CT molecular complexity index is 669. The minimum Gasteiger partial charge on any atom is -0.390 e. The maximum absolute atomic E-state index is 10.2. The lowest BCUT2D eigenvalue weighted by molar-refractivity contribution is 0.169. The van der Waals surface area contributed by atoms with Gasteiger partial charge in [0, 0.05) is 23.2 Å². The van der Waals surface area contributed by atoms with Gasteiger partial charge in [-0.25, -0.2) is 0 Å². The highest BCUT2D eigenvalue weighted by molar-refractivity contribution is 5.86. The first-order valence-electron chi connectivity index (χ1n) is 8.74. The van der Waals surface area contributed by atoms with Crippen molar-refractivity contribution >= 4 is 10.9 Å². The quantitative estimate of drug-likeness (QED) is 0.795. The Labute approximate surface area is 138 Å². The number of hydrogen-bond acceptors (Lipinski definition) is 3. The van der Waals surface area contributed by atoms with Gasteiger partial charge in [0.05, 0.1) is 18.2 Å². The fourth-order valence-corrected chi connectivity index (χ4v) is 3.37. The molecule has 0 saturated carbocycles. The molecule has 1 atom stereocenters. The van der Waals surface area contributed by atoms with Gasteiger partial charge in [-0.05, 0) is 58.1 Å². The monoisotopic (exact) mass is 315 g/mol. The molecule has 126 valence electrons. The van der Waals surface area contributed by atoms with Crippen LogP contribution in [0.3, 0.4) is 0 Å². The van der Waals surface area contributed by atoms with Crippen LogP contribution in [-0.2, 0) is 12.8 Å². The number of aliphatic hydroxyl groups is 1. The van der Waals surface area contributed by atoms with Crippen LogP contribution in [-0.4, -0.2) is 34.5 Å². The van der Waals surface area contributed by atoms with Crippen LogP contribution in [0, 0.1) is 0 Å². The van der Waals surface area contributed by atoms with E-state index in [1.54, 1.807) is 0 Å². The molecular formula is C19H29N3O. The van der Waals surface area contributed by atoms with E-state index in [2.05, 4.69) is 60.5 Å². The second-order valence-corrected chi connectivity index (χ2v) is 7.63. The van der Waals surface area contributed by atoms with Gasteiger partial charge in [-0.2, -0.15) is 0 Å². The van der Waals surface area contributed by atoms with Crippen molar-refractivity contribution in [3.8, 4) is 0 Å². The predicted octanol–water partition coefficient (Wildman–Crippen LogP) is 2.81. The van der Waals surface area contributed by atoms with Crippen LogP contribution in [0.15, 0.2) is 24.3 Å². The Balaban J connectivity index is 1.75. The fraction of sp³-hybridized carbons (Fsp3) is 0.579. The number of para-hydroxylation sites is 1. The smallest absolute Gasteiger partial charge is 0.0852 e. The highest BCUT2D eigenvalue weighted by atomic mass is 16.3. The summed E-state index contributed by atoms with van der Waals surface area (Å²) >= 11 is 0. The van der Waals surface area contributed by atoms with Crippen LogP contribution < -0.4 is 10.7 Å². The second-order valence-electron chi connectivity index (χ2n) is 7.63. The van der Waals surface area contributed by atoms with Crippen LogP contribution in [0.4, 0.5) is 0 Å². The minimum absolute atomic E-state index is 0.0281. The van der Waals surface area contributed by atoms with Crippen LogP contribution in [0.2, 0.25) is 0 Å². The van der Waals surface area contributed by atoms with Crippen LogP contribution >= 0.6 is 0 Å². The second kappa shape index (κ2) is 6.54. The number of aryl methyl sites for hydroxylation is 1. The first-order chi connectivity index (χ1) is 11.0. The lowest BCUT2D eigenvalue weighted by Crippen LogP contribution is -2.43. The van der Waals surface area contributed by atoms with Gasteiger partial charge in [-0.3, -0.25) is 4.68 Å². The van der Waals surface area contributed by atoms with Crippen molar-refractivity contribution in [2.24, 2.45) is 0 Å². The average Bonchev–Trinajstić information content (AvgIpc) is 2.84. The lowest BCUT2D eigenvalue weighted by atomic mass is 9.96. The van der Waals surface area contributed by atoms with E-state index in [1.165, 1.54) is 41.4 Å². The van der Waals surface area contributed by atoms with Crippen LogP contribution in [0.5, 0.6) is 0 Å². The third-order valence-corrected chi connectivity index (χ3v) is 4.53. The van der Waals surface area contributed by atoms with Gasteiger partial charge < -0.3 is 15.8 Å². The van der Waals surface area contributed by atoms with Gasteiger partial charge >= 0.3 is 0 Å². The molecule has 4 heteroatoms. The lowest BCUT2D eigenvalue weighted by Gasteiger charge is -2.24. The topological polar surface area (TPSA) is 49.2 Å². The van der Waals surface area contributed by atoms with Crippen molar-refractivity contribution in [1.29, 1.82) is 0 Å². The summed E-state index contributed by atoms with van der Waals surface area (Å²) in [7, 11) is 0. The maximum Gasteiger partial charge on any atom is 0.0852 e. The zero-order chi connectivity index (χ0) is 16.4. The molecule has 0 spiro atoms. The Morgan fingerprint density at radius 3 is 2.65 bits per heavy atom. The molecule has 0 aliphatic heterocycles. The third-order valence-electron chi connectivity index (χ3n) is 4.53. The molecule has 3 rings (SSSR count). The number of benzene rings is 1. The van der Waals surface area contributed by atoms with E-state index < -0.39 is 6.10 Å². The van der Waals surface area contributed by atoms with E-state index in [0.717, 1.165) is 6.42 Å². The van der Waals surface area contributed by atoms with E-state index in [1.807, 2.05) is 0 Å². The summed E-state index contributed by atoms with van der Waals surface area (Å²) in [6, 6.07) is 8.59. The first kappa shape index (κ1) is 16.3. The number of nitrogens with zero attached hydrogens (tertiary/aromatic N) is 1. The molecule has 1 aromatic carbocycles. The molecule has 1 aliphatic carbocycles. The molecule has 2 aromatic rings. The zero-order valence-corrected chi connectivity index (χ0v) is 14.5. The highest BCUT2D eigenvalue weighted by Crippen LogP contribution is 2.31. The standard InChI is InChI=1S/C19H29N3O/c1-19(2,3)20-12-14(23)13-21-22-17-10-6-4-8-15(17)16-9-5-7-11-18(16)22/h4,6,8,10,14,20-21,23H,5,7,9,11-13H2,1-3H3. The normalized spacial score (nSPS) is 16.3. The molecule has 1 aliphatic rings. The van der Waals surface area contributed by atoms with Crippen molar-refractivity contribution in [2.75, 3.05) is 18.5 Å². The van der Waals surface area contributed by atoms with Crippen LogP contribution in [0.1, 0.15) is 44.9 Å². The van der Waals surface area contributed by atoms with E-state index in [0.29, 0.717) is 13.1 Å². The summed E-state index contributed by atoms with van der Waals surface area (Å²) in [5.41, 5.74) is 7.60. The van der Waals surface area contributed by atoms with E-state index >= 15 is 0 Å². The number of aliphatic hydroxyl groups excluding tert-OH is 1. The van der Waals surface area contributed by atoms with Crippen molar-refractivity contribution in [1.82, 2.24) is 9.99 Å². The molecular weight excluding hydrogens is 286 g/mol. The Morgan fingerprint density at radius 1 is 1.13 bits per heavy atom. The minimum atomic E-state index is -0.408. The summed E-state index contributed by atoms with van der Waals surface area (Å²) in [5.74, 6) is 0. The zero-order valence-electron chi connectivity index (χ0n) is 14.5. The van der Waals surface area contributed by atoms with Crippen molar-refractivity contribution in [2.45, 2.75) is 58.1 Å². The summed E-state index contributed by atoms with van der Waals surface area (Å²) < 4.78 is 2.21. The summed E-state index contributed by atoms with van der Waals surface area (Å²) in [6.07, 6.45) is 4.40. The highest BCUT2D eigenvalue weighted by Gasteiger charge is 2.20. The van der Waals surface area contributed by atoms with Gasteiger partial charge in [0.2, 0.25) is 0 Å². The maximum atomic E-state index is 10.2. The molecule has 3 N–H and O–H groups in total. The molecule has 23 heavy (non-hydrogen) atoms. The van der Waals surface area contributed by atoms with E-state index in [-0.39, 0.29) is 5.54 Å². The number of β-amino-alcohol motifs (C(OH)–C–C–N with tert-alkyl or cyclic N) is 1. The summed E-state index contributed by atoms with van der Waals surface area (Å²) in [4.78, 5) is 0. The Morgan fingerprint density at radius 2 is 1.87 bits per heavy atom. The largest absolute Gasteiger partial charge is 0.390 e. The van der Waals surface area contributed by atoms with Gasteiger partial charge in [0.15, 0.2) is 0 Å². The predicted molar refractivity (Wildman–Crippen MR) is 96.6 cm³/mol.